The highest BCUT2D eigenvalue weighted by atomic mass is 15.6. The third kappa shape index (κ3) is 1.82. The Bertz CT molecular complexity index is 171. The second-order valence-corrected chi connectivity index (χ2v) is 3.31. The highest BCUT2D eigenvalue weighted by molar-refractivity contribution is 4.84. The summed E-state index contributed by atoms with van der Waals surface area (Å²) in [5, 5.41) is 15.1. The van der Waals surface area contributed by atoms with Gasteiger partial charge in [-0.15, -0.1) is 10.2 Å². The summed E-state index contributed by atoms with van der Waals surface area (Å²) >= 11 is 0. The highest BCUT2D eigenvalue weighted by Gasteiger charge is 2.31. The quantitative estimate of drug-likeness (QED) is 0.600. The Morgan fingerprint density at radius 3 is 2.09 bits per heavy atom. The summed E-state index contributed by atoms with van der Waals surface area (Å²) in [7, 11) is 0. The molecule has 0 saturated heterocycles. The lowest BCUT2D eigenvalue weighted by Gasteiger charge is -2.18. The van der Waals surface area contributed by atoms with Crippen LogP contribution < -0.4 is 0 Å². The highest BCUT2D eigenvalue weighted by Crippen LogP contribution is 2.30. The molecule has 1 aliphatic heterocycles. The molecule has 1 heterocycles. The predicted octanol–water partition coefficient (Wildman–Crippen LogP) is 2.97. The summed E-state index contributed by atoms with van der Waals surface area (Å²) < 4.78 is 0. The van der Waals surface area contributed by atoms with Gasteiger partial charge in [-0.25, -0.2) is 0 Å². The van der Waals surface area contributed by atoms with Gasteiger partial charge in [0, 0.05) is 0 Å². The normalized spacial score (nSPS) is 20.0. The van der Waals surface area contributed by atoms with Gasteiger partial charge in [0.05, 0.1) is 0 Å². The smallest absolute Gasteiger partial charge is 0.135 e. The third-order valence-electron chi connectivity index (χ3n) is 1.80. The Labute approximate surface area is 66.8 Å². The molecule has 0 fully saturated rings. The Hall–Kier alpha value is -0.800. The SMILES string of the molecule is CCC1(CC(C)C)N=NN=N1. The fraction of sp³-hybridized carbons (Fsp3) is 1.00. The first kappa shape index (κ1) is 8.30. The van der Waals surface area contributed by atoms with Crippen molar-refractivity contribution in [1.29, 1.82) is 0 Å². The Morgan fingerprint density at radius 1 is 1.18 bits per heavy atom. The molecule has 0 atom stereocenters. The lowest BCUT2D eigenvalue weighted by Crippen LogP contribution is -2.22. The number of hydrogen-bond donors (Lipinski definition) is 0. The van der Waals surface area contributed by atoms with Crippen molar-refractivity contribution in [1.82, 2.24) is 0 Å². The molecule has 0 aromatic carbocycles. The minimum absolute atomic E-state index is 0.325. The largest absolute Gasteiger partial charge is 0.195 e. The minimum Gasteiger partial charge on any atom is -0.135 e. The molecule has 0 N–H and O–H groups in total. The summed E-state index contributed by atoms with van der Waals surface area (Å²) in [6.45, 7) is 6.37. The Balaban J connectivity index is 2.62. The molecule has 0 aliphatic carbocycles. The van der Waals surface area contributed by atoms with Crippen molar-refractivity contribution >= 4 is 0 Å². The zero-order valence-corrected chi connectivity index (χ0v) is 7.28. The van der Waals surface area contributed by atoms with E-state index in [4.69, 9.17) is 0 Å². The monoisotopic (exact) mass is 154 g/mol. The van der Waals surface area contributed by atoms with E-state index < -0.39 is 0 Å². The molecule has 4 heteroatoms. The predicted molar refractivity (Wildman–Crippen MR) is 42.2 cm³/mol. The van der Waals surface area contributed by atoms with Crippen LogP contribution in [0.2, 0.25) is 0 Å². The maximum absolute atomic E-state index is 4.02. The Morgan fingerprint density at radius 2 is 1.73 bits per heavy atom. The number of rotatable bonds is 3. The maximum atomic E-state index is 4.02. The number of nitrogens with zero attached hydrogens (tertiary/aromatic N) is 4. The van der Waals surface area contributed by atoms with Crippen LogP contribution in [0.15, 0.2) is 20.7 Å². The van der Waals surface area contributed by atoms with Crippen LogP contribution in [-0.2, 0) is 0 Å². The van der Waals surface area contributed by atoms with Crippen LogP contribution in [0.1, 0.15) is 33.6 Å². The molecule has 0 spiro atoms. The molecule has 1 rings (SSSR count). The van der Waals surface area contributed by atoms with Crippen molar-refractivity contribution < 1.29 is 0 Å². The molecule has 0 bridgehead atoms. The van der Waals surface area contributed by atoms with E-state index in [1.165, 1.54) is 0 Å². The molecule has 1 aliphatic rings. The van der Waals surface area contributed by atoms with Crippen LogP contribution in [0.3, 0.4) is 0 Å². The average molecular weight is 154 g/mol. The molecule has 4 nitrogen and oxygen atoms in total. The molecule has 11 heavy (non-hydrogen) atoms. The molecule has 0 unspecified atom stereocenters. The van der Waals surface area contributed by atoms with Crippen LogP contribution in [0.5, 0.6) is 0 Å². The van der Waals surface area contributed by atoms with Crippen molar-refractivity contribution in [3.63, 3.8) is 0 Å². The molecular formula is C7H14N4. The van der Waals surface area contributed by atoms with Gasteiger partial charge in [-0.2, -0.15) is 0 Å². The van der Waals surface area contributed by atoms with Crippen LogP contribution in [-0.4, -0.2) is 5.66 Å². The van der Waals surface area contributed by atoms with E-state index in [0.717, 1.165) is 12.8 Å². The van der Waals surface area contributed by atoms with Gasteiger partial charge in [0.1, 0.15) is 0 Å². The van der Waals surface area contributed by atoms with Crippen LogP contribution >= 0.6 is 0 Å². The van der Waals surface area contributed by atoms with E-state index in [-0.39, 0.29) is 5.66 Å². The fourth-order valence-electron chi connectivity index (χ4n) is 1.25. The van der Waals surface area contributed by atoms with E-state index in [2.05, 4.69) is 41.4 Å². The number of hydrogen-bond acceptors (Lipinski definition) is 4. The maximum Gasteiger partial charge on any atom is 0.195 e. The summed E-state index contributed by atoms with van der Waals surface area (Å²) in [4.78, 5) is 0. The molecule has 0 radical (unpaired) electrons. The average Bonchev–Trinajstić information content (AvgIpc) is 2.36. The third-order valence-corrected chi connectivity index (χ3v) is 1.80. The van der Waals surface area contributed by atoms with E-state index in [1.54, 1.807) is 0 Å². The standard InChI is InChI=1S/C7H14N4/c1-4-7(5-6(2)3)8-10-11-9-7/h6H,4-5H2,1-3H3. The first-order chi connectivity index (χ1) is 5.18. The second kappa shape index (κ2) is 3.07. The zero-order valence-electron chi connectivity index (χ0n) is 7.28. The molecule has 0 saturated carbocycles. The second-order valence-electron chi connectivity index (χ2n) is 3.31. The lowest BCUT2D eigenvalue weighted by atomic mass is 9.97. The molecule has 0 aromatic rings. The first-order valence-electron chi connectivity index (χ1n) is 4.02. The van der Waals surface area contributed by atoms with Crippen molar-refractivity contribution in [2.24, 2.45) is 26.6 Å². The van der Waals surface area contributed by atoms with Gasteiger partial charge >= 0.3 is 0 Å². The Kier molecular flexibility index (Phi) is 2.31. The van der Waals surface area contributed by atoms with E-state index in [0.29, 0.717) is 5.92 Å². The van der Waals surface area contributed by atoms with Gasteiger partial charge in [0.25, 0.3) is 0 Å². The van der Waals surface area contributed by atoms with Crippen LogP contribution in [0.4, 0.5) is 0 Å². The van der Waals surface area contributed by atoms with E-state index >= 15 is 0 Å². The van der Waals surface area contributed by atoms with Crippen LogP contribution in [0, 0.1) is 5.92 Å². The zero-order chi connectivity index (χ0) is 8.32. The van der Waals surface area contributed by atoms with Gasteiger partial charge in [-0.3, -0.25) is 0 Å². The van der Waals surface area contributed by atoms with Gasteiger partial charge in [-0.05, 0) is 29.2 Å². The van der Waals surface area contributed by atoms with E-state index in [9.17, 15) is 0 Å². The van der Waals surface area contributed by atoms with Crippen molar-refractivity contribution in [3.05, 3.63) is 0 Å². The summed E-state index contributed by atoms with van der Waals surface area (Å²) in [5.74, 6) is 0.589. The molecule has 62 valence electrons. The molecule has 0 amide bonds. The van der Waals surface area contributed by atoms with Crippen LogP contribution in [0.25, 0.3) is 0 Å². The lowest BCUT2D eigenvalue weighted by molar-refractivity contribution is 0.341. The van der Waals surface area contributed by atoms with Gasteiger partial charge < -0.3 is 0 Å². The summed E-state index contributed by atoms with van der Waals surface area (Å²) in [6.07, 6.45) is 1.83. The van der Waals surface area contributed by atoms with Crippen molar-refractivity contribution in [3.8, 4) is 0 Å². The summed E-state index contributed by atoms with van der Waals surface area (Å²) in [5.41, 5.74) is -0.325. The van der Waals surface area contributed by atoms with Gasteiger partial charge in [0.2, 0.25) is 0 Å². The van der Waals surface area contributed by atoms with Gasteiger partial charge in [0.15, 0.2) is 5.66 Å². The minimum atomic E-state index is -0.325. The topological polar surface area (TPSA) is 49.4 Å². The summed E-state index contributed by atoms with van der Waals surface area (Å²) in [6, 6.07) is 0. The van der Waals surface area contributed by atoms with Crippen molar-refractivity contribution in [2.75, 3.05) is 0 Å². The molecule has 0 aromatic heterocycles. The first-order valence-corrected chi connectivity index (χ1v) is 4.02. The van der Waals surface area contributed by atoms with Crippen molar-refractivity contribution in [2.45, 2.75) is 39.3 Å². The van der Waals surface area contributed by atoms with E-state index in [1.807, 2.05) is 0 Å². The fourth-order valence-corrected chi connectivity index (χ4v) is 1.25. The molecular weight excluding hydrogens is 140 g/mol. The van der Waals surface area contributed by atoms with Gasteiger partial charge in [-0.1, -0.05) is 20.8 Å².